The second kappa shape index (κ2) is 8.44. The van der Waals surface area contributed by atoms with Crippen molar-refractivity contribution in [1.29, 1.82) is 0 Å². The zero-order valence-electron chi connectivity index (χ0n) is 14.8. The maximum atomic E-state index is 12.6. The molecule has 0 saturated heterocycles. The van der Waals surface area contributed by atoms with Gasteiger partial charge in [0.05, 0.1) is 12.1 Å². The van der Waals surface area contributed by atoms with E-state index in [4.69, 9.17) is 0 Å². The number of hydrogen-bond donors (Lipinski definition) is 2. The van der Waals surface area contributed by atoms with Crippen LogP contribution >= 0.6 is 0 Å². The lowest BCUT2D eigenvalue weighted by molar-refractivity contribution is 0.0804. The highest BCUT2D eigenvalue weighted by molar-refractivity contribution is 5.95. The first-order valence-corrected chi connectivity index (χ1v) is 8.35. The number of hydrogen-bond acceptors (Lipinski definition) is 3. The lowest BCUT2D eigenvalue weighted by Crippen LogP contribution is -2.44. The summed E-state index contributed by atoms with van der Waals surface area (Å²) in [7, 11) is 0. The van der Waals surface area contributed by atoms with Crippen molar-refractivity contribution < 1.29 is 14.7 Å². The van der Waals surface area contributed by atoms with Crippen LogP contribution < -0.4 is 5.32 Å². The second-order valence-electron chi connectivity index (χ2n) is 5.95. The average Bonchev–Trinajstić information content (AvgIpc) is 2.62. The van der Waals surface area contributed by atoms with Crippen LogP contribution in [0.5, 0.6) is 0 Å². The fourth-order valence-corrected chi connectivity index (χ4v) is 2.70. The first-order valence-electron chi connectivity index (χ1n) is 8.35. The van der Waals surface area contributed by atoms with Crippen molar-refractivity contribution in [1.82, 2.24) is 4.90 Å². The molecule has 2 aromatic carbocycles. The number of ketones is 1. The van der Waals surface area contributed by atoms with Crippen LogP contribution in [-0.2, 0) is 0 Å². The Morgan fingerprint density at radius 1 is 1.08 bits per heavy atom. The van der Waals surface area contributed by atoms with E-state index in [0.29, 0.717) is 17.8 Å². The Morgan fingerprint density at radius 2 is 1.68 bits per heavy atom. The number of carbonyl (C=O) groups excluding carboxylic acids is 2. The normalized spacial score (nSPS) is 13.0. The number of aliphatic hydroxyl groups is 1. The first-order chi connectivity index (χ1) is 11.9. The van der Waals surface area contributed by atoms with E-state index >= 15 is 0 Å². The van der Waals surface area contributed by atoms with Crippen molar-refractivity contribution in [2.45, 2.75) is 32.9 Å². The SMILES string of the molecule is CCN(C(=O)Nc1ccc(C(C)=O)cc1)[C@H](C)[C@H](O)c1ccccc1. The standard InChI is InChI=1S/C20H24N2O3/c1-4-22(14(2)19(24)17-8-6-5-7-9-17)20(25)21-18-12-10-16(11-13-18)15(3)23/h5-14,19,24H,4H2,1-3H3,(H,21,25)/t14-,19+/m1/s1. The molecular formula is C20H24N2O3. The second-order valence-corrected chi connectivity index (χ2v) is 5.95. The van der Waals surface area contributed by atoms with E-state index in [1.165, 1.54) is 6.92 Å². The summed E-state index contributed by atoms with van der Waals surface area (Å²) in [5.74, 6) is -0.0207. The Balaban J connectivity index is 2.08. The number of aliphatic hydroxyl groups excluding tert-OH is 1. The van der Waals surface area contributed by atoms with E-state index in [0.717, 1.165) is 5.56 Å². The molecule has 0 aliphatic heterocycles. The minimum absolute atomic E-state index is 0.0207. The Morgan fingerprint density at radius 3 is 2.20 bits per heavy atom. The number of Topliss-reactive ketones (excluding diaryl/α,β-unsaturated/α-hetero) is 1. The zero-order valence-corrected chi connectivity index (χ0v) is 14.8. The predicted molar refractivity (Wildman–Crippen MR) is 98.7 cm³/mol. The topological polar surface area (TPSA) is 69.6 Å². The third kappa shape index (κ3) is 4.67. The molecule has 5 nitrogen and oxygen atoms in total. The minimum atomic E-state index is -0.771. The zero-order chi connectivity index (χ0) is 18.4. The van der Waals surface area contributed by atoms with Crippen LogP contribution in [-0.4, -0.2) is 34.4 Å². The van der Waals surface area contributed by atoms with Crippen LogP contribution in [0.15, 0.2) is 54.6 Å². The van der Waals surface area contributed by atoms with Gasteiger partial charge in [-0.2, -0.15) is 0 Å². The summed E-state index contributed by atoms with van der Waals surface area (Å²) in [4.78, 5) is 25.5. The van der Waals surface area contributed by atoms with Gasteiger partial charge in [0.15, 0.2) is 5.78 Å². The number of anilines is 1. The maximum absolute atomic E-state index is 12.6. The van der Waals surface area contributed by atoms with Gasteiger partial charge in [0.1, 0.15) is 0 Å². The van der Waals surface area contributed by atoms with Crippen molar-refractivity contribution in [3.8, 4) is 0 Å². The van der Waals surface area contributed by atoms with Crippen molar-refractivity contribution in [3.63, 3.8) is 0 Å². The van der Waals surface area contributed by atoms with Crippen LogP contribution in [0.1, 0.15) is 42.8 Å². The molecule has 0 unspecified atom stereocenters. The van der Waals surface area contributed by atoms with Crippen molar-refractivity contribution in [3.05, 3.63) is 65.7 Å². The van der Waals surface area contributed by atoms with Crippen molar-refractivity contribution in [2.75, 3.05) is 11.9 Å². The molecule has 0 aliphatic rings. The molecule has 2 N–H and O–H groups in total. The summed E-state index contributed by atoms with van der Waals surface area (Å²) in [5.41, 5.74) is 1.97. The molecule has 0 bridgehead atoms. The van der Waals surface area contributed by atoms with Crippen LogP contribution in [0.25, 0.3) is 0 Å². The van der Waals surface area contributed by atoms with Gasteiger partial charge in [-0.1, -0.05) is 30.3 Å². The molecule has 132 valence electrons. The molecule has 0 aromatic heterocycles. The molecule has 0 radical (unpaired) electrons. The monoisotopic (exact) mass is 340 g/mol. The summed E-state index contributed by atoms with van der Waals surface area (Å²) in [6, 6.07) is 15.4. The van der Waals surface area contributed by atoms with E-state index in [-0.39, 0.29) is 17.9 Å². The van der Waals surface area contributed by atoms with Gasteiger partial charge in [-0.25, -0.2) is 4.79 Å². The molecular weight excluding hydrogens is 316 g/mol. The molecule has 5 heteroatoms. The Kier molecular flexibility index (Phi) is 6.31. The van der Waals surface area contributed by atoms with Crippen LogP contribution in [0.4, 0.5) is 10.5 Å². The summed E-state index contributed by atoms with van der Waals surface area (Å²) in [6.45, 7) is 5.65. The number of likely N-dealkylation sites (N-methyl/N-ethyl adjacent to an activating group) is 1. The molecule has 2 aromatic rings. The van der Waals surface area contributed by atoms with E-state index in [1.54, 1.807) is 29.2 Å². The van der Waals surface area contributed by atoms with Gasteiger partial charge in [0, 0.05) is 17.8 Å². The molecule has 0 fully saturated rings. The van der Waals surface area contributed by atoms with Gasteiger partial charge in [0.25, 0.3) is 0 Å². The number of urea groups is 1. The first kappa shape index (κ1) is 18.7. The Hall–Kier alpha value is -2.66. The van der Waals surface area contributed by atoms with Gasteiger partial charge in [0.2, 0.25) is 0 Å². The van der Waals surface area contributed by atoms with Crippen LogP contribution in [0.3, 0.4) is 0 Å². The van der Waals surface area contributed by atoms with Crippen molar-refractivity contribution in [2.24, 2.45) is 0 Å². The number of carbonyl (C=O) groups is 2. The van der Waals surface area contributed by atoms with Gasteiger partial charge in [-0.15, -0.1) is 0 Å². The van der Waals surface area contributed by atoms with E-state index in [1.807, 2.05) is 44.2 Å². The van der Waals surface area contributed by atoms with Gasteiger partial charge in [-0.05, 0) is 50.6 Å². The van der Waals surface area contributed by atoms with Gasteiger partial charge in [-0.3, -0.25) is 4.79 Å². The average molecular weight is 340 g/mol. The van der Waals surface area contributed by atoms with Crippen LogP contribution in [0, 0.1) is 0 Å². The molecule has 2 amide bonds. The molecule has 25 heavy (non-hydrogen) atoms. The Bertz CT molecular complexity index is 713. The maximum Gasteiger partial charge on any atom is 0.322 e. The minimum Gasteiger partial charge on any atom is -0.386 e. The summed E-state index contributed by atoms with van der Waals surface area (Å²) < 4.78 is 0. The molecule has 0 aliphatic carbocycles. The highest BCUT2D eigenvalue weighted by Gasteiger charge is 2.26. The fourth-order valence-electron chi connectivity index (χ4n) is 2.70. The number of nitrogens with one attached hydrogen (secondary N) is 1. The number of rotatable bonds is 6. The van der Waals surface area contributed by atoms with E-state index in [9.17, 15) is 14.7 Å². The van der Waals surface area contributed by atoms with Crippen molar-refractivity contribution >= 4 is 17.5 Å². The lowest BCUT2D eigenvalue weighted by atomic mass is 10.0. The molecule has 2 atom stereocenters. The van der Waals surface area contributed by atoms with Gasteiger partial charge >= 0.3 is 6.03 Å². The highest BCUT2D eigenvalue weighted by atomic mass is 16.3. The van der Waals surface area contributed by atoms with Gasteiger partial charge < -0.3 is 15.3 Å². The molecule has 0 saturated carbocycles. The fraction of sp³-hybridized carbons (Fsp3) is 0.300. The highest BCUT2D eigenvalue weighted by Crippen LogP contribution is 2.21. The quantitative estimate of drug-likeness (QED) is 0.784. The summed E-state index contributed by atoms with van der Waals surface area (Å²) in [5, 5.41) is 13.4. The van der Waals surface area contributed by atoms with E-state index < -0.39 is 6.10 Å². The number of nitrogens with zero attached hydrogens (tertiary/aromatic N) is 1. The largest absolute Gasteiger partial charge is 0.386 e. The summed E-state index contributed by atoms with van der Waals surface area (Å²) in [6.07, 6.45) is -0.771. The molecule has 0 heterocycles. The third-order valence-electron chi connectivity index (χ3n) is 4.23. The smallest absolute Gasteiger partial charge is 0.322 e. The Labute approximate surface area is 148 Å². The third-order valence-corrected chi connectivity index (χ3v) is 4.23. The number of amides is 2. The lowest BCUT2D eigenvalue weighted by Gasteiger charge is -2.31. The summed E-state index contributed by atoms with van der Waals surface area (Å²) >= 11 is 0. The van der Waals surface area contributed by atoms with E-state index in [2.05, 4.69) is 5.32 Å². The molecule has 2 rings (SSSR count). The van der Waals surface area contributed by atoms with Crippen LogP contribution in [0.2, 0.25) is 0 Å². The predicted octanol–water partition coefficient (Wildman–Crippen LogP) is 3.87. The number of benzene rings is 2. The molecule has 0 spiro atoms.